The summed E-state index contributed by atoms with van der Waals surface area (Å²) in [7, 11) is 0. The van der Waals surface area contributed by atoms with Crippen molar-refractivity contribution in [3.05, 3.63) is 84.0 Å². The quantitative estimate of drug-likeness (QED) is 0.879. The number of anilines is 1. The number of hydrogen-bond acceptors (Lipinski definition) is 3. The maximum absolute atomic E-state index is 11.6. The lowest BCUT2D eigenvalue weighted by Crippen LogP contribution is -2.39. The van der Waals surface area contributed by atoms with Gasteiger partial charge in [-0.05, 0) is 18.2 Å². The topological polar surface area (TPSA) is 61.7 Å². The molecular formula is C20H16N2O2. The van der Waals surface area contributed by atoms with Crippen LogP contribution >= 0.6 is 0 Å². The first kappa shape index (κ1) is 14.5. The summed E-state index contributed by atoms with van der Waals surface area (Å²) in [5, 5.41) is 12.9. The van der Waals surface area contributed by atoms with Gasteiger partial charge in [0.2, 0.25) is 0 Å². The van der Waals surface area contributed by atoms with E-state index in [1.54, 1.807) is 12.1 Å². The van der Waals surface area contributed by atoms with Gasteiger partial charge in [0.05, 0.1) is 28.7 Å². The number of benzene rings is 2. The molecule has 0 aromatic heterocycles. The van der Waals surface area contributed by atoms with Gasteiger partial charge in [-0.2, -0.15) is 0 Å². The van der Waals surface area contributed by atoms with Gasteiger partial charge >= 0.3 is 5.97 Å². The Labute approximate surface area is 139 Å². The van der Waals surface area contributed by atoms with E-state index in [-0.39, 0.29) is 17.5 Å². The molecule has 1 heterocycles. The predicted molar refractivity (Wildman–Crippen MR) is 95.2 cm³/mol. The molecule has 0 saturated carbocycles. The second kappa shape index (κ2) is 5.81. The van der Waals surface area contributed by atoms with Crippen LogP contribution in [0, 0.1) is 5.92 Å². The van der Waals surface area contributed by atoms with Crippen molar-refractivity contribution in [3.63, 3.8) is 0 Å². The zero-order chi connectivity index (χ0) is 16.5. The smallest absolute Gasteiger partial charge is 0.337 e. The van der Waals surface area contributed by atoms with Gasteiger partial charge in [0.1, 0.15) is 0 Å². The molecule has 2 aromatic carbocycles. The molecule has 0 amide bonds. The number of nitrogens with zero attached hydrogens (tertiary/aromatic N) is 1. The van der Waals surface area contributed by atoms with Crippen LogP contribution in [-0.2, 0) is 0 Å². The highest BCUT2D eigenvalue weighted by atomic mass is 16.4. The van der Waals surface area contributed by atoms with Gasteiger partial charge in [-0.25, -0.2) is 4.79 Å². The summed E-state index contributed by atoms with van der Waals surface area (Å²) >= 11 is 0. The molecule has 24 heavy (non-hydrogen) atoms. The summed E-state index contributed by atoms with van der Waals surface area (Å²) in [5.41, 5.74) is 3.52. The largest absolute Gasteiger partial charge is 0.478 e. The molecule has 0 radical (unpaired) electrons. The first-order valence-corrected chi connectivity index (χ1v) is 7.86. The highest BCUT2D eigenvalue weighted by molar-refractivity contribution is 6.14. The van der Waals surface area contributed by atoms with Crippen LogP contribution in [0.5, 0.6) is 0 Å². The Morgan fingerprint density at radius 1 is 1.00 bits per heavy atom. The van der Waals surface area contributed by atoms with E-state index in [2.05, 4.69) is 11.4 Å². The Morgan fingerprint density at radius 3 is 2.58 bits per heavy atom. The van der Waals surface area contributed by atoms with Crippen LogP contribution in [-0.4, -0.2) is 22.8 Å². The fourth-order valence-electron chi connectivity index (χ4n) is 3.23. The number of carbonyl (C=O) groups is 1. The fourth-order valence-corrected chi connectivity index (χ4v) is 3.23. The molecular weight excluding hydrogens is 300 g/mol. The van der Waals surface area contributed by atoms with Gasteiger partial charge in [0, 0.05) is 11.5 Å². The van der Waals surface area contributed by atoms with E-state index in [1.807, 2.05) is 54.6 Å². The zero-order valence-electron chi connectivity index (χ0n) is 12.9. The van der Waals surface area contributed by atoms with Crippen molar-refractivity contribution in [2.75, 3.05) is 5.32 Å². The van der Waals surface area contributed by atoms with Crippen molar-refractivity contribution < 1.29 is 9.90 Å². The Balaban J connectivity index is 1.93. The molecule has 0 bridgehead atoms. The number of carboxylic acids is 1. The second-order valence-electron chi connectivity index (χ2n) is 5.83. The number of aliphatic imine (C=N–C) groups is 1. The van der Waals surface area contributed by atoms with E-state index in [1.165, 1.54) is 0 Å². The summed E-state index contributed by atoms with van der Waals surface area (Å²) < 4.78 is 0. The Morgan fingerprint density at radius 2 is 1.79 bits per heavy atom. The molecule has 4 nitrogen and oxygen atoms in total. The average molecular weight is 316 g/mol. The van der Waals surface area contributed by atoms with Gasteiger partial charge in [-0.1, -0.05) is 54.6 Å². The minimum Gasteiger partial charge on any atom is -0.478 e. The maximum atomic E-state index is 11.6. The van der Waals surface area contributed by atoms with Crippen molar-refractivity contribution in [1.82, 2.24) is 0 Å². The van der Waals surface area contributed by atoms with Crippen LogP contribution in [0.3, 0.4) is 0 Å². The van der Waals surface area contributed by atoms with E-state index in [4.69, 9.17) is 4.99 Å². The molecule has 4 heteroatoms. The Hall–Kier alpha value is -3.14. The second-order valence-corrected chi connectivity index (χ2v) is 5.83. The number of hydrogen-bond donors (Lipinski definition) is 2. The lowest BCUT2D eigenvalue weighted by atomic mass is 9.81. The fraction of sp³-hybridized carbons (Fsp3) is 0.100. The summed E-state index contributed by atoms with van der Waals surface area (Å²) in [6, 6.07) is 15.1. The highest BCUT2D eigenvalue weighted by Crippen LogP contribution is 2.35. The molecule has 0 fully saturated rings. The van der Waals surface area contributed by atoms with E-state index in [0.29, 0.717) is 5.69 Å². The van der Waals surface area contributed by atoms with E-state index in [9.17, 15) is 9.90 Å². The van der Waals surface area contributed by atoms with Crippen molar-refractivity contribution in [1.29, 1.82) is 0 Å². The number of allylic oxidation sites excluding steroid dienone is 2. The van der Waals surface area contributed by atoms with Gasteiger partial charge < -0.3 is 10.4 Å². The number of fused-ring (bicyclic) bond motifs is 2. The molecule has 2 unspecified atom stereocenters. The molecule has 2 aromatic rings. The van der Waals surface area contributed by atoms with Gasteiger partial charge in [0.25, 0.3) is 0 Å². The number of aromatic carboxylic acids is 1. The molecule has 118 valence electrons. The van der Waals surface area contributed by atoms with E-state index >= 15 is 0 Å². The minimum atomic E-state index is -0.938. The lowest BCUT2D eigenvalue weighted by molar-refractivity contribution is 0.0698. The molecule has 4 rings (SSSR count). The van der Waals surface area contributed by atoms with Crippen LogP contribution < -0.4 is 5.32 Å². The molecule has 0 spiro atoms. The van der Waals surface area contributed by atoms with Crippen LogP contribution in [0.25, 0.3) is 0 Å². The zero-order valence-corrected chi connectivity index (χ0v) is 12.9. The van der Waals surface area contributed by atoms with E-state index in [0.717, 1.165) is 17.0 Å². The third-order valence-electron chi connectivity index (χ3n) is 4.34. The Kier molecular flexibility index (Phi) is 3.50. The molecule has 0 saturated heterocycles. The normalized spacial score (nSPS) is 22.6. The third kappa shape index (κ3) is 2.42. The summed E-state index contributed by atoms with van der Waals surface area (Å²) in [6.07, 6.45) is 8.14. The first-order chi connectivity index (χ1) is 11.7. The Bertz CT molecular complexity index is 882. The van der Waals surface area contributed by atoms with Crippen molar-refractivity contribution in [3.8, 4) is 0 Å². The van der Waals surface area contributed by atoms with Gasteiger partial charge in [-0.15, -0.1) is 0 Å². The van der Waals surface area contributed by atoms with Crippen molar-refractivity contribution in [2.24, 2.45) is 10.9 Å². The predicted octanol–water partition coefficient (Wildman–Crippen LogP) is 4.04. The SMILES string of the molecule is O=C(O)c1cccc2c1NC1C=CC=CC1C2=Nc1ccccc1. The van der Waals surface area contributed by atoms with Crippen LogP contribution in [0.2, 0.25) is 0 Å². The average Bonchev–Trinajstić information content (AvgIpc) is 2.62. The maximum Gasteiger partial charge on any atom is 0.337 e. The first-order valence-electron chi connectivity index (χ1n) is 7.86. The monoisotopic (exact) mass is 316 g/mol. The van der Waals surface area contributed by atoms with Crippen LogP contribution in [0.15, 0.2) is 77.8 Å². The molecule has 2 N–H and O–H groups in total. The van der Waals surface area contributed by atoms with Gasteiger partial charge in [-0.3, -0.25) is 4.99 Å². The number of nitrogens with one attached hydrogen (secondary N) is 1. The highest BCUT2D eigenvalue weighted by Gasteiger charge is 2.33. The molecule has 2 atom stereocenters. The lowest BCUT2D eigenvalue weighted by Gasteiger charge is -2.34. The van der Waals surface area contributed by atoms with Gasteiger partial charge in [0.15, 0.2) is 0 Å². The van der Waals surface area contributed by atoms with Crippen molar-refractivity contribution in [2.45, 2.75) is 6.04 Å². The third-order valence-corrected chi connectivity index (χ3v) is 4.34. The van der Waals surface area contributed by atoms with Crippen molar-refractivity contribution >= 4 is 23.1 Å². The van der Waals surface area contributed by atoms with E-state index < -0.39 is 5.97 Å². The molecule has 2 aliphatic rings. The number of rotatable bonds is 2. The minimum absolute atomic E-state index is 0.00506. The van der Waals surface area contributed by atoms with Crippen LogP contribution in [0.1, 0.15) is 15.9 Å². The summed E-state index contributed by atoms with van der Waals surface area (Å²) in [4.78, 5) is 16.4. The molecule has 1 aliphatic heterocycles. The molecule has 1 aliphatic carbocycles. The summed E-state index contributed by atoms with van der Waals surface area (Å²) in [5.74, 6) is -0.862. The summed E-state index contributed by atoms with van der Waals surface area (Å²) in [6.45, 7) is 0. The number of carboxylic acid groups (broad SMARTS) is 1. The number of para-hydroxylation sites is 2. The van der Waals surface area contributed by atoms with Crippen LogP contribution in [0.4, 0.5) is 11.4 Å². The standard InChI is InChI=1S/C20H16N2O2/c23-20(24)16-11-6-10-15-18(21-13-7-2-1-3-8-13)14-9-4-5-12-17(14)22-19(15)16/h1-12,14,17,22H,(H,23,24).